The fraction of sp³-hybridized carbons (Fsp3) is 0.600. The van der Waals surface area contributed by atoms with Gasteiger partial charge in [-0.2, -0.15) is 0 Å². The number of phenolic OH excluding ortho intramolecular Hbond substituents is 1. The third kappa shape index (κ3) is 1.13. The Labute approximate surface area is 107 Å². The fourth-order valence-electron chi connectivity index (χ4n) is 4.33. The molecule has 0 radical (unpaired) electrons. The molecule has 1 aromatic carbocycles. The Bertz CT molecular complexity index is 501. The maximum absolute atomic E-state index is 10.0. The van der Waals surface area contributed by atoms with E-state index in [0.717, 1.165) is 18.7 Å². The van der Waals surface area contributed by atoms with Gasteiger partial charge in [-0.25, -0.2) is 0 Å². The largest absolute Gasteiger partial charge is 0.504 e. The summed E-state index contributed by atoms with van der Waals surface area (Å²) < 4.78 is 6.18. The smallest absolute Gasteiger partial charge is 0.165 e. The lowest BCUT2D eigenvalue weighted by Crippen LogP contribution is -2.60. The molecule has 1 aliphatic carbocycles. The summed E-state index contributed by atoms with van der Waals surface area (Å²) >= 11 is 0. The SMILES string of the molecule is CN1CC[C@@]23CCC[C@@H]1[C@H]2Oc1c(O)cccc13. The van der Waals surface area contributed by atoms with Crippen molar-refractivity contribution in [2.45, 2.75) is 43.2 Å². The molecule has 2 fully saturated rings. The van der Waals surface area contributed by atoms with Crippen molar-refractivity contribution in [2.24, 2.45) is 0 Å². The Balaban J connectivity index is 1.89. The average Bonchev–Trinajstić information content (AvgIpc) is 2.72. The van der Waals surface area contributed by atoms with Crippen molar-refractivity contribution in [2.75, 3.05) is 13.6 Å². The highest BCUT2D eigenvalue weighted by Crippen LogP contribution is 2.57. The van der Waals surface area contributed by atoms with Crippen molar-refractivity contribution in [1.82, 2.24) is 4.90 Å². The molecule has 3 nitrogen and oxygen atoms in total. The van der Waals surface area contributed by atoms with Crippen LogP contribution in [0.1, 0.15) is 31.2 Å². The first kappa shape index (κ1) is 10.7. The predicted molar refractivity (Wildman–Crippen MR) is 69.1 cm³/mol. The maximum atomic E-state index is 10.0. The molecule has 2 aliphatic heterocycles. The van der Waals surface area contributed by atoms with Crippen LogP contribution in [0.5, 0.6) is 11.5 Å². The quantitative estimate of drug-likeness (QED) is 0.761. The second-order valence-electron chi connectivity index (χ2n) is 6.04. The lowest BCUT2D eigenvalue weighted by atomic mass is 9.62. The lowest BCUT2D eigenvalue weighted by Gasteiger charge is -2.51. The maximum Gasteiger partial charge on any atom is 0.165 e. The van der Waals surface area contributed by atoms with Gasteiger partial charge in [-0.3, -0.25) is 4.90 Å². The van der Waals surface area contributed by atoms with Crippen LogP contribution < -0.4 is 4.74 Å². The van der Waals surface area contributed by atoms with Gasteiger partial charge in [-0.05, 0) is 38.9 Å². The molecule has 1 saturated carbocycles. The van der Waals surface area contributed by atoms with Crippen molar-refractivity contribution in [3.8, 4) is 11.5 Å². The van der Waals surface area contributed by atoms with E-state index in [4.69, 9.17) is 4.74 Å². The third-order valence-electron chi connectivity index (χ3n) is 5.27. The number of nitrogens with zero attached hydrogens (tertiary/aromatic N) is 1. The molecule has 3 heteroatoms. The van der Waals surface area contributed by atoms with Crippen LogP contribution in [-0.4, -0.2) is 35.7 Å². The van der Waals surface area contributed by atoms with E-state index in [2.05, 4.69) is 18.0 Å². The molecule has 2 bridgehead atoms. The molecular formula is C15H19NO2. The molecule has 1 N–H and O–H groups in total. The van der Waals surface area contributed by atoms with Gasteiger partial charge in [0.15, 0.2) is 11.5 Å². The van der Waals surface area contributed by atoms with Crippen LogP contribution in [0, 0.1) is 0 Å². The van der Waals surface area contributed by atoms with Crippen LogP contribution in [0.15, 0.2) is 18.2 Å². The molecule has 4 rings (SSSR count). The molecule has 2 heterocycles. The molecule has 0 unspecified atom stereocenters. The van der Waals surface area contributed by atoms with Gasteiger partial charge >= 0.3 is 0 Å². The molecule has 1 saturated heterocycles. The minimum atomic E-state index is 0.170. The molecule has 1 aromatic rings. The fourth-order valence-corrected chi connectivity index (χ4v) is 4.33. The van der Waals surface area contributed by atoms with E-state index in [0.29, 0.717) is 11.8 Å². The van der Waals surface area contributed by atoms with Crippen molar-refractivity contribution >= 4 is 0 Å². The molecule has 18 heavy (non-hydrogen) atoms. The van der Waals surface area contributed by atoms with Crippen molar-refractivity contribution in [1.29, 1.82) is 0 Å². The molecule has 0 aromatic heterocycles. The van der Waals surface area contributed by atoms with Crippen LogP contribution >= 0.6 is 0 Å². The molecule has 0 amide bonds. The van der Waals surface area contributed by atoms with E-state index < -0.39 is 0 Å². The molecule has 3 aliphatic rings. The zero-order valence-corrected chi connectivity index (χ0v) is 10.7. The second-order valence-corrected chi connectivity index (χ2v) is 6.04. The van der Waals surface area contributed by atoms with Crippen LogP contribution in [-0.2, 0) is 5.41 Å². The van der Waals surface area contributed by atoms with Crippen LogP contribution in [0.3, 0.4) is 0 Å². The molecular weight excluding hydrogens is 226 g/mol. The summed E-state index contributed by atoms with van der Waals surface area (Å²) in [5.41, 5.74) is 1.43. The number of para-hydroxylation sites is 1. The number of benzene rings is 1. The number of likely N-dealkylation sites (N-methyl/N-ethyl adjacent to an activating group) is 1. The Morgan fingerprint density at radius 1 is 1.39 bits per heavy atom. The van der Waals surface area contributed by atoms with Gasteiger partial charge in [-0.1, -0.05) is 18.6 Å². The van der Waals surface area contributed by atoms with E-state index in [1.54, 1.807) is 6.07 Å². The summed E-state index contributed by atoms with van der Waals surface area (Å²) in [4.78, 5) is 2.44. The topological polar surface area (TPSA) is 32.7 Å². The van der Waals surface area contributed by atoms with Gasteiger partial charge in [0.25, 0.3) is 0 Å². The molecule has 3 atom stereocenters. The van der Waals surface area contributed by atoms with E-state index >= 15 is 0 Å². The van der Waals surface area contributed by atoms with Gasteiger partial charge < -0.3 is 9.84 Å². The number of hydrogen-bond acceptors (Lipinski definition) is 3. The summed E-state index contributed by atoms with van der Waals surface area (Å²) in [7, 11) is 2.20. The highest BCUT2D eigenvalue weighted by molar-refractivity contribution is 5.54. The van der Waals surface area contributed by atoms with Crippen molar-refractivity contribution < 1.29 is 9.84 Å². The highest BCUT2D eigenvalue weighted by atomic mass is 16.5. The number of rotatable bonds is 0. The first-order valence-corrected chi connectivity index (χ1v) is 6.92. The van der Waals surface area contributed by atoms with E-state index in [-0.39, 0.29) is 11.5 Å². The molecule has 96 valence electrons. The van der Waals surface area contributed by atoms with Gasteiger partial charge in [0.2, 0.25) is 0 Å². The average molecular weight is 245 g/mol. The van der Waals surface area contributed by atoms with Crippen LogP contribution in [0.2, 0.25) is 0 Å². The monoisotopic (exact) mass is 245 g/mol. The normalized spacial score (nSPS) is 37.8. The number of hydrogen-bond donors (Lipinski definition) is 1. The Kier molecular flexibility index (Phi) is 2.03. The van der Waals surface area contributed by atoms with Gasteiger partial charge in [0.05, 0.1) is 0 Å². The summed E-state index contributed by atoms with van der Waals surface area (Å²) in [6.45, 7) is 1.14. The molecule has 0 spiro atoms. The zero-order valence-electron chi connectivity index (χ0n) is 10.7. The number of fused-ring (bicyclic) bond motifs is 1. The number of phenols is 1. The predicted octanol–water partition coefficient (Wildman–Crippen LogP) is 2.28. The number of piperidine rings is 1. The van der Waals surface area contributed by atoms with Crippen LogP contribution in [0.4, 0.5) is 0 Å². The Morgan fingerprint density at radius 2 is 2.28 bits per heavy atom. The van der Waals surface area contributed by atoms with Crippen molar-refractivity contribution in [3.63, 3.8) is 0 Å². The minimum Gasteiger partial charge on any atom is -0.504 e. The summed E-state index contributed by atoms with van der Waals surface area (Å²) in [6.07, 6.45) is 5.09. The number of aromatic hydroxyl groups is 1. The number of ether oxygens (including phenoxy) is 1. The lowest BCUT2D eigenvalue weighted by molar-refractivity contribution is -0.0308. The van der Waals surface area contributed by atoms with Crippen LogP contribution in [0.25, 0.3) is 0 Å². The third-order valence-corrected chi connectivity index (χ3v) is 5.27. The minimum absolute atomic E-state index is 0.170. The first-order chi connectivity index (χ1) is 8.72. The Hall–Kier alpha value is -1.22. The van der Waals surface area contributed by atoms with Gasteiger partial charge in [-0.15, -0.1) is 0 Å². The standard InChI is InChI=1S/C15H19NO2/c1-16-9-8-15-7-3-5-11(16)14(15)18-13-10(15)4-2-6-12(13)17/h2,4,6,11,14,17H,3,5,7-9H2,1H3/t11-,14-,15-/m1/s1. The van der Waals surface area contributed by atoms with E-state index in [1.807, 2.05) is 6.07 Å². The summed E-state index contributed by atoms with van der Waals surface area (Å²) in [5.74, 6) is 1.06. The van der Waals surface area contributed by atoms with Gasteiger partial charge in [0, 0.05) is 17.0 Å². The number of likely N-dealkylation sites (tertiary alicyclic amines) is 1. The second kappa shape index (κ2) is 3.41. The highest BCUT2D eigenvalue weighted by Gasteiger charge is 2.57. The van der Waals surface area contributed by atoms with E-state index in [1.165, 1.54) is 24.8 Å². The Morgan fingerprint density at radius 3 is 3.17 bits per heavy atom. The first-order valence-electron chi connectivity index (χ1n) is 6.92. The summed E-state index contributed by atoms with van der Waals surface area (Å²) in [5, 5.41) is 10.0. The van der Waals surface area contributed by atoms with E-state index in [9.17, 15) is 5.11 Å². The van der Waals surface area contributed by atoms with Crippen molar-refractivity contribution in [3.05, 3.63) is 23.8 Å². The zero-order chi connectivity index (χ0) is 12.3. The summed E-state index contributed by atoms with van der Waals surface area (Å²) in [6, 6.07) is 6.36. The van der Waals surface area contributed by atoms with Gasteiger partial charge in [0.1, 0.15) is 6.10 Å².